The van der Waals surface area contributed by atoms with Gasteiger partial charge >= 0.3 is 0 Å². The summed E-state index contributed by atoms with van der Waals surface area (Å²) in [5.41, 5.74) is 1.63. The number of hydrogen-bond acceptors (Lipinski definition) is 4. The summed E-state index contributed by atoms with van der Waals surface area (Å²) in [5.74, 6) is 1.30. The van der Waals surface area contributed by atoms with E-state index in [0.29, 0.717) is 11.4 Å². The van der Waals surface area contributed by atoms with E-state index in [1.807, 2.05) is 24.3 Å². The fourth-order valence-corrected chi connectivity index (χ4v) is 1.58. The molecule has 1 aromatic heterocycles. The molecule has 0 unspecified atom stereocenters. The molecule has 88 valence electrons. The summed E-state index contributed by atoms with van der Waals surface area (Å²) < 4.78 is 10.2. The van der Waals surface area contributed by atoms with Gasteiger partial charge in [0.15, 0.2) is 10.9 Å². The summed E-state index contributed by atoms with van der Waals surface area (Å²) >= 11 is 5.81. The van der Waals surface area contributed by atoms with Gasteiger partial charge in [-0.1, -0.05) is 11.6 Å². The molecule has 4 nitrogen and oxygen atoms in total. The normalized spacial score (nSPS) is 10.1. The van der Waals surface area contributed by atoms with Gasteiger partial charge in [0.05, 0.1) is 19.9 Å². The Kier molecular flexibility index (Phi) is 3.44. The van der Waals surface area contributed by atoms with E-state index in [4.69, 9.17) is 21.1 Å². The Morgan fingerprint density at radius 3 is 2.29 bits per heavy atom. The summed E-state index contributed by atoms with van der Waals surface area (Å²) in [7, 11) is 3.17. The van der Waals surface area contributed by atoms with Crippen LogP contribution >= 0.6 is 11.6 Å². The van der Waals surface area contributed by atoms with Crippen molar-refractivity contribution in [3.63, 3.8) is 0 Å². The molecule has 5 heteroatoms. The van der Waals surface area contributed by atoms with Gasteiger partial charge in [-0.25, -0.2) is 0 Å². The molecule has 0 atom stereocenters. The highest BCUT2D eigenvalue weighted by atomic mass is 35.5. The number of ether oxygens (including phenoxy) is 2. The van der Waals surface area contributed by atoms with Crippen LogP contribution in [0.25, 0.3) is 11.3 Å². The molecule has 0 aliphatic rings. The smallest absolute Gasteiger partial charge is 0.193 e. The van der Waals surface area contributed by atoms with Crippen LogP contribution in [0.5, 0.6) is 11.5 Å². The van der Waals surface area contributed by atoms with Gasteiger partial charge in [0, 0.05) is 11.6 Å². The first-order chi connectivity index (χ1) is 8.24. The summed E-state index contributed by atoms with van der Waals surface area (Å²) in [5, 5.41) is 8.09. The fraction of sp³-hybridized carbons (Fsp3) is 0.167. The Bertz CT molecular complexity index is 514. The number of benzene rings is 1. The Morgan fingerprint density at radius 2 is 1.71 bits per heavy atom. The maximum atomic E-state index is 5.81. The van der Waals surface area contributed by atoms with E-state index < -0.39 is 0 Å². The molecule has 2 aromatic rings. The van der Waals surface area contributed by atoms with Gasteiger partial charge in [-0.05, 0) is 24.3 Å². The Morgan fingerprint density at radius 1 is 1.00 bits per heavy atom. The Hall–Kier alpha value is -1.81. The van der Waals surface area contributed by atoms with Gasteiger partial charge in [-0.15, -0.1) is 10.2 Å². The number of hydrogen-bond donors (Lipinski definition) is 0. The van der Waals surface area contributed by atoms with Crippen LogP contribution in [-0.2, 0) is 0 Å². The van der Waals surface area contributed by atoms with Crippen LogP contribution in [0.3, 0.4) is 0 Å². The zero-order valence-corrected chi connectivity index (χ0v) is 10.2. The first kappa shape index (κ1) is 11.7. The maximum absolute atomic E-state index is 5.81. The molecular weight excluding hydrogens is 240 g/mol. The SMILES string of the molecule is COc1ccc(-c2cc(OC)c(Cl)nn2)cc1. The van der Waals surface area contributed by atoms with Crippen LogP contribution in [0.1, 0.15) is 0 Å². The summed E-state index contributed by atoms with van der Waals surface area (Å²) in [6, 6.07) is 9.26. The van der Waals surface area contributed by atoms with Crippen molar-refractivity contribution in [1.82, 2.24) is 10.2 Å². The minimum absolute atomic E-state index is 0.254. The Balaban J connectivity index is 2.38. The largest absolute Gasteiger partial charge is 0.497 e. The number of halogens is 1. The lowest BCUT2D eigenvalue weighted by atomic mass is 10.1. The van der Waals surface area contributed by atoms with Crippen LogP contribution in [0, 0.1) is 0 Å². The first-order valence-corrected chi connectivity index (χ1v) is 5.34. The molecule has 1 aromatic carbocycles. The molecule has 0 saturated heterocycles. The van der Waals surface area contributed by atoms with Crippen molar-refractivity contribution in [3.05, 3.63) is 35.5 Å². The molecule has 0 saturated carbocycles. The summed E-state index contributed by atoms with van der Waals surface area (Å²) in [6.45, 7) is 0. The predicted molar refractivity (Wildman–Crippen MR) is 65.6 cm³/mol. The second kappa shape index (κ2) is 5.01. The minimum atomic E-state index is 0.254. The zero-order chi connectivity index (χ0) is 12.3. The first-order valence-electron chi connectivity index (χ1n) is 4.96. The van der Waals surface area contributed by atoms with Crippen LogP contribution in [0.2, 0.25) is 5.15 Å². The second-order valence-electron chi connectivity index (χ2n) is 3.32. The van der Waals surface area contributed by atoms with Crippen molar-refractivity contribution in [2.75, 3.05) is 14.2 Å². The highest BCUT2D eigenvalue weighted by Gasteiger charge is 2.07. The third-order valence-corrected chi connectivity index (χ3v) is 2.58. The van der Waals surface area contributed by atoms with Crippen molar-refractivity contribution < 1.29 is 9.47 Å². The highest BCUT2D eigenvalue weighted by molar-refractivity contribution is 6.30. The topological polar surface area (TPSA) is 44.2 Å². The van der Waals surface area contributed by atoms with Crippen LogP contribution in [-0.4, -0.2) is 24.4 Å². The van der Waals surface area contributed by atoms with Gasteiger partial charge in [0.2, 0.25) is 0 Å². The lowest BCUT2D eigenvalue weighted by molar-refractivity contribution is 0.412. The third-order valence-electron chi connectivity index (χ3n) is 2.32. The number of nitrogens with zero attached hydrogens (tertiary/aromatic N) is 2. The van der Waals surface area contributed by atoms with Crippen LogP contribution in [0.4, 0.5) is 0 Å². The van der Waals surface area contributed by atoms with Gasteiger partial charge in [-0.2, -0.15) is 0 Å². The van der Waals surface area contributed by atoms with Crippen molar-refractivity contribution in [3.8, 4) is 22.8 Å². The lowest BCUT2D eigenvalue weighted by Crippen LogP contribution is -1.93. The monoisotopic (exact) mass is 250 g/mol. The number of methoxy groups -OCH3 is 2. The standard InChI is InChI=1S/C12H11ClN2O2/c1-16-9-5-3-8(4-6-9)10-7-11(17-2)12(13)15-14-10/h3-7H,1-2H3. The average molecular weight is 251 g/mol. The maximum Gasteiger partial charge on any atom is 0.193 e. The van der Waals surface area contributed by atoms with E-state index in [9.17, 15) is 0 Å². The fourth-order valence-electron chi connectivity index (χ4n) is 1.41. The quantitative estimate of drug-likeness (QED) is 0.840. The number of aromatic nitrogens is 2. The Labute approximate surface area is 104 Å². The van der Waals surface area contributed by atoms with E-state index in [-0.39, 0.29) is 5.15 Å². The van der Waals surface area contributed by atoms with E-state index in [2.05, 4.69) is 10.2 Å². The highest BCUT2D eigenvalue weighted by Crippen LogP contribution is 2.27. The van der Waals surface area contributed by atoms with E-state index in [1.165, 1.54) is 0 Å². The van der Waals surface area contributed by atoms with Crippen molar-refractivity contribution in [1.29, 1.82) is 0 Å². The van der Waals surface area contributed by atoms with E-state index in [1.54, 1.807) is 20.3 Å². The van der Waals surface area contributed by atoms with Crippen LogP contribution in [0.15, 0.2) is 30.3 Å². The van der Waals surface area contributed by atoms with Crippen molar-refractivity contribution in [2.45, 2.75) is 0 Å². The van der Waals surface area contributed by atoms with Gasteiger partial charge in [0.1, 0.15) is 5.75 Å². The molecule has 0 aliphatic heterocycles. The van der Waals surface area contributed by atoms with Crippen LogP contribution < -0.4 is 9.47 Å². The molecule has 0 bridgehead atoms. The molecule has 1 heterocycles. The molecule has 17 heavy (non-hydrogen) atoms. The molecule has 0 spiro atoms. The molecule has 0 N–H and O–H groups in total. The van der Waals surface area contributed by atoms with E-state index in [0.717, 1.165) is 11.3 Å². The lowest BCUT2D eigenvalue weighted by Gasteiger charge is -2.05. The van der Waals surface area contributed by atoms with Crippen molar-refractivity contribution in [2.24, 2.45) is 0 Å². The summed E-state index contributed by atoms with van der Waals surface area (Å²) in [6.07, 6.45) is 0. The van der Waals surface area contributed by atoms with Gasteiger partial charge in [0.25, 0.3) is 0 Å². The average Bonchev–Trinajstić information content (AvgIpc) is 2.39. The predicted octanol–water partition coefficient (Wildman–Crippen LogP) is 2.81. The molecule has 0 aliphatic carbocycles. The molecule has 2 rings (SSSR count). The molecular formula is C12H11ClN2O2. The molecule has 0 radical (unpaired) electrons. The second-order valence-corrected chi connectivity index (χ2v) is 3.68. The number of rotatable bonds is 3. The van der Waals surface area contributed by atoms with Gasteiger partial charge < -0.3 is 9.47 Å². The van der Waals surface area contributed by atoms with E-state index >= 15 is 0 Å². The van der Waals surface area contributed by atoms with Crippen molar-refractivity contribution >= 4 is 11.6 Å². The molecule has 0 amide bonds. The van der Waals surface area contributed by atoms with Gasteiger partial charge in [-0.3, -0.25) is 0 Å². The molecule has 0 fully saturated rings. The minimum Gasteiger partial charge on any atom is -0.497 e. The zero-order valence-electron chi connectivity index (χ0n) is 9.48. The third kappa shape index (κ3) is 2.47. The summed E-state index contributed by atoms with van der Waals surface area (Å²) in [4.78, 5) is 0.